The first-order valence-electron chi connectivity index (χ1n) is 6.71. The molecule has 0 fully saturated rings. The number of thiophene rings is 1. The number of nitrogens with two attached hydrogens (primary N) is 1. The Labute approximate surface area is 130 Å². The summed E-state index contributed by atoms with van der Waals surface area (Å²) in [7, 11) is 0. The van der Waals surface area contributed by atoms with Gasteiger partial charge in [-0.2, -0.15) is 0 Å². The van der Waals surface area contributed by atoms with Gasteiger partial charge in [-0.3, -0.25) is 4.90 Å². The second-order valence-electron chi connectivity index (χ2n) is 5.14. The monoisotopic (exact) mass is 304 g/mol. The Hall–Kier alpha value is -1.23. The Morgan fingerprint density at radius 2 is 2.05 bits per heavy atom. The highest BCUT2D eigenvalue weighted by Gasteiger charge is 2.12. The fourth-order valence-corrected chi connectivity index (χ4v) is 2.94. The maximum atomic E-state index is 5.70. The lowest BCUT2D eigenvalue weighted by Gasteiger charge is -2.26. The highest BCUT2D eigenvalue weighted by atomic mass is 32.1. The van der Waals surface area contributed by atoms with Crippen LogP contribution in [0.1, 0.15) is 29.9 Å². The van der Waals surface area contributed by atoms with E-state index in [2.05, 4.69) is 48.4 Å². The van der Waals surface area contributed by atoms with Crippen molar-refractivity contribution in [3.05, 3.63) is 57.8 Å². The van der Waals surface area contributed by atoms with Crippen molar-refractivity contribution in [1.29, 1.82) is 0 Å². The van der Waals surface area contributed by atoms with Crippen LogP contribution in [0.4, 0.5) is 0 Å². The predicted molar refractivity (Wildman–Crippen MR) is 91.0 cm³/mol. The molecule has 0 radical (unpaired) electrons. The van der Waals surface area contributed by atoms with Crippen LogP contribution in [0.25, 0.3) is 0 Å². The summed E-state index contributed by atoms with van der Waals surface area (Å²) in [5.74, 6) is 0. The molecular formula is C16H20N2S2. The predicted octanol–water partition coefficient (Wildman–Crippen LogP) is 3.79. The fourth-order valence-electron chi connectivity index (χ4n) is 2.08. The van der Waals surface area contributed by atoms with E-state index >= 15 is 0 Å². The van der Waals surface area contributed by atoms with Crippen LogP contribution in [0.15, 0.2) is 41.8 Å². The van der Waals surface area contributed by atoms with Crippen molar-refractivity contribution in [2.24, 2.45) is 5.73 Å². The van der Waals surface area contributed by atoms with Gasteiger partial charge in [0, 0.05) is 29.6 Å². The molecule has 2 rings (SSSR count). The van der Waals surface area contributed by atoms with Crippen molar-refractivity contribution in [3.63, 3.8) is 0 Å². The summed E-state index contributed by atoms with van der Waals surface area (Å²) < 4.78 is 0. The molecule has 0 aliphatic heterocycles. The molecule has 0 aliphatic rings. The number of nitrogens with zero attached hydrogens (tertiary/aromatic N) is 1. The third-order valence-electron chi connectivity index (χ3n) is 3.27. The molecule has 0 atom stereocenters. The summed E-state index contributed by atoms with van der Waals surface area (Å²) >= 11 is 6.85. The lowest BCUT2D eigenvalue weighted by Crippen LogP contribution is -2.29. The summed E-state index contributed by atoms with van der Waals surface area (Å²) in [6, 6.07) is 13.0. The van der Waals surface area contributed by atoms with Gasteiger partial charge >= 0.3 is 0 Å². The molecule has 0 aliphatic carbocycles. The van der Waals surface area contributed by atoms with Crippen LogP contribution in [0.3, 0.4) is 0 Å². The van der Waals surface area contributed by atoms with Crippen molar-refractivity contribution < 1.29 is 0 Å². The summed E-state index contributed by atoms with van der Waals surface area (Å²) in [5, 5.41) is 2.13. The number of rotatable bonds is 6. The first-order valence-corrected chi connectivity index (χ1v) is 8.00. The van der Waals surface area contributed by atoms with E-state index in [1.54, 1.807) is 11.3 Å². The molecule has 20 heavy (non-hydrogen) atoms. The molecule has 1 aromatic heterocycles. The third kappa shape index (κ3) is 4.13. The van der Waals surface area contributed by atoms with Gasteiger partial charge in [0.15, 0.2) is 0 Å². The van der Waals surface area contributed by atoms with E-state index in [-0.39, 0.29) is 0 Å². The second kappa shape index (κ2) is 6.97. The average Bonchev–Trinajstić information content (AvgIpc) is 2.91. The third-order valence-corrected chi connectivity index (χ3v) is 4.36. The molecule has 0 unspecified atom stereocenters. The molecule has 0 saturated carbocycles. The van der Waals surface area contributed by atoms with Gasteiger partial charge in [0.05, 0.1) is 0 Å². The fraction of sp³-hybridized carbons (Fsp3) is 0.312. The van der Waals surface area contributed by atoms with E-state index < -0.39 is 0 Å². The number of benzene rings is 1. The van der Waals surface area contributed by atoms with Gasteiger partial charge in [-0.15, -0.1) is 11.3 Å². The van der Waals surface area contributed by atoms with Gasteiger partial charge in [0.2, 0.25) is 0 Å². The largest absolute Gasteiger partial charge is 0.389 e. The minimum atomic E-state index is 0.459. The van der Waals surface area contributed by atoms with Gasteiger partial charge in [-0.1, -0.05) is 36.5 Å². The van der Waals surface area contributed by atoms with E-state index in [0.29, 0.717) is 11.0 Å². The van der Waals surface area contributed by atoms with Gasteiger partial charge in [0.1, 0.15) is 4.99 Å². The molecule has 0 spiro atoms. The van der Waals surface area contributed by atoms with Crippen molar-refractivity contribution in [1.82, 2.24) is 4.90 Å². The molecule has 0 amide bonds. The highest BCUT2D eigenvalue weighted by Crippen LogP contribution is 2.17. The molecule has 0 saturated heterocycles. The van der Waals surface area contributed by atoms with Gasteiger partial charge < -0.3 is 5.73 Å². The highest BCUT2D eigenvalue weighted by molar-refractivity contribution is 7.80. The lowest BCUT2D eigenvalue weighted by atomic mass is 10.1. The first-order chi connectivity index (χ1) is 9.56. The Kier molecular flexibility index (Phi) is 5.29. The summed E-state index contributed by atoms with van der Waals surface area (Å²) in [4.78, 5) is 4.30. The van der Waals surface area contributed by atoms with E-state index in [9.17, 15) is 0 Å². The van der Waals surface area contributed by atoms with Gasteiger partial charge in [-0.25, -0.2) is 0 Å². The van der Waals surface area contributed by atoms with Gasteiger partial charge in [0.25, 0.3) is 0 Å². The summed E-state index contributed by atoms with van der Waals surface area (Å²) in [6.45, 7) is 6.34. The molecule has 2 nitrogen and oxygen atoms in total. The molecule has 2 N–H and O–H groups in total. The average molecular weight is 304 g/mol. The Morgan fingerprint density at radius 1 is 1.25 bits per heavy atom. The maximum absolute atomic E-state index is 5.70. The maximum Gasteiger partial charge on any atom is 0.103 e. The van der Waals surface area contributed by atoms with Crippen LogP contribution in [0.2, 0.25) is 0 Å². The van der Waals surface area contributed by atoms with Crippen LogP contribution < -0.4 is 5.73 Å². The van der Waals surface area contributed by atoms with Crippen LogP contribution >= 0.6 is 23.6 Å². The Morgan fingerprint density at radius 3 is 2.65 bits per heavy atom. The smallest absolute Gasteiger partial charge is 0.103 e. The zero-order valence-electron chi connectivity index (χ0n) is 11.9. The number of hydrogen-bond donors (Lipinski definition) is 1. The van der Waals surface area contributed by atoms with E-state index in [4.69, 9.17) is 18.0 Å². The zero-order chi connectivity index (χ0) is 14.5. The van der Waals surface area contributed by atoms with Crippen LogP contribution in [-0.4, -0.2) is 15.9 Å². The van der Waals surface area contributed by atoms with E-state index in [0.717, 1.165) is 18.7 Å². The van der Waals surface area contributed by atoms with Gasteiger partial charge in [-0.05, 0) is 36.9 Å². The topological polar surface area (TPSA) is 29.3 Å². The van der Waals surface area contributed by atoms with Crippen molar-refractivity contribution >= 4 is 28.5 Å². The molecule has 1 aromatic carbocycles. The first kappa shape index (κ1) is 15.2. The number of thiocarbonyl (C=S) groups is 1. The normalized spacial score (nSPS) is 11.2. The standard InChI is InChI=1S/C16H20N2S2/c1-12(2)18(11-15-7-4-8-20-15)10-13-5-3-6-14(9-13)16(17)19/h3-9,12H,10-11H2,1-2H3,(H2,17,19). The SMILES string of the molecule is CC(C)N(Cc1cccc(C(N)=S)c1)Cc1cccs1. The lowest BCUT2D eigenvalue weighted by molar-refractivity contribution is 0.205. The Balaban J connectivity index is 2.11. The van der Waals surface area contributed by atoms with E-state index in [1.807, 2.05) is 12.1 Å². The minimum Gasteiger partial charge on any atom is -0.389 e. The summed E-state index contributed by atoms with van der Waals surface area (Å²) in [6.07, 6.45) is 0. The molecule has 1 heterocycles. The zero-order valence-corrected chi connectivity index (χ0v) is 13.5. The molecule has 0 bridgehead atoms. The van der Waals surface area contributed by atoms with Crippen LogP contribution in [0, 0.1) is 0 Å². The van der Waals surface area contributed by atoms with Crippen LogP contribution in [-0.2, 0) is 13.1 Å². The molecule has 2 aromatic rings. The van der Waals surface area contributed by atoms with Crippen molar-refractivity contribution in [2.75, 3.05) is 0 Å². The van der Waals surface area contributed by atoms with Crippen molar-refractivity contribution in [2.45, 2.75) is 33.0 Å². The molecule has 106 valence electrons. The molecule has 4 heteroatoms. The van der Waals surface area contributed by atoms with E-state index in [1.165, 1.54) is 10.4 Å². The second-order valence-corrected chi connectivity index (χ2v) is 6.61. The molecular weight excluding hydrogens is 284 g/mol. The van der Waals surface area contributed by atoms with Crippen molar-refractivity contribution in [3.8, 4) is 0 Å². The summed E-state index contributed by atoms with van der Waals surface area (Å²) in [5.41, 5.74) is 7.89. The Bertz CT molecular complexity index is 562. The van der Waals surface area contributed by atoms with Crippen LogP contribution in [0.5, 0.6) is 0 Å². The quantitative estimate of drug-likeness (QED) is 0.823. The minimum absolute atomic E-state index is 0.459. The number of hydrogen-bond acceptors (Lipinski definition) is 3.